The molecule has 0 aliphatic rings. The summed E-state index contributed by atoms with van der Waals surface area (Å²) < 4.78 is 9.33. The lowest BCUT2D eigenvalue weighted by molar-refractivity contribution is -0.140. The molecule has 1 aromatic heterocycles. The van der Waals surface area contributed by atoms with E-state index in [0.29, 0.717) is 5.89 Å². The van der Waals surface area contributed by atoms with Crippen LogP contribution in [-0.4, -0.2) is 23.3 Å². The molecule has 11 heavy (non-hydrogen) atoms. The molecule has 0 atom stereocenters. The summed E-state index contributed by atoms with van der Waals surface area (Å²) >= 11 is 0. The smallest absolute Gasteiger partial charge is 0.315 e. The van der Waals surface area contributed by atoms with Crippen molar-refractivity contribution < 1.29 is 13.9 Å². The molecule has 0 aliphatic heterocycles. The maximum atomic E-state index is 10.6. The number of carbonyl (C=O) groups is 1. The van der Waals surface area contributed by atoms with Crippen LogP contribution >= 0.6 is 0 Å². The van der Waals surface area contributed by atoms with E-state index < -0.39 is 0 Å². The van der Waals surface area contributed by atoms with Gasteiger partial charge in [-0.25, -0.2) is 0 Å². The fourth-order valence-electron chi connectivity index (χ4n) is 0.605. The Morgan fingerprint density at radius 2 is 2.36 bits per heavy atom. The van der Waals surface area contributed by atoms with Crippen molar-refractivity contribution in [1.29, 1.82) is 0 Å². The van der Waals surface area contributed by atoms with E-state index >= 15 is 0 Å². The van der Waals surface area contributed by atoms with Crippen LogP contribution in [0.15, 0.2) is 4.42 Å². The highest BCUT2D eigenvalue weighted by molar-refractivity contribution is 5.70. The molecular weight excluding hydrogens is 148 g/mol. The van der Waals surface area contributed by atoms with Crippen LogP contribution in [0, 0.1) is 6.92 Å². The average Bonchev–Trinajstić information content (AvgIpc) is 2.35. The molecule has 0 amide bonds. The Kier molecular flexibility index (Phi) is 2.20. The van der Waals surface area contributed by atoms with Crippen LogP contribution in [0.3, 0.4) is 0 Å². The van der Waals surface area contributed by atoms with Gasteiger partial charge in [-0.3, -0.25) is 4.79 Å². The van der Waals surface area contributed by atoms with Crippen molar-refractivity contribution in [3.63, 3.8) is 0 Å². The molecule has 0 saturated carbocycles. The van der Waals surface area contributed by atoms with Crippen molar-refractivity contribution in [1.82, 2.24) is 10.2 Å². The molecule has 0 radical (unpaired) electrons. The van der Waals surface area contributed by atoms with Gasteiger partial charge in [-0.15, -0.1) is 10.2 Å². The lowest BCUT2D eigenvalue weighted by Crippen LogP contribution is -2.04. The topological polar surface area (TPSA) is 65.2 Å². The number of aryl methyl sites for hydroxylation is 1. The van der Waals surface area contributed by atoms with Crippen molar-refractivity contribution in [2.75, 3.05) is 7.11 Å². The molecule has 1 aromatic rings. The second kappa shape index (κ2) is 3.14. The second-order valence-corrected chi connectivity index (χ2v) is 1.97. The van der Waals surface area contributed by atoms with Crippen LogP contribution in [0.1, 0.15) is 11.8 Å². The highest BCUT2D eigenvalue weighted by Gasteiger charge is 2.08. The predicted octanol–water partition coefficient (Wildman–Crippen LogP) is 0.0935. The molecule has 1 rings (SSSR count). The Balaban J connectivity index is 2.57. The molecule has 0 spiro atoms. The lowest BCUT2D eigenvalue weighted by Gasteiger charge is -1.91. The SMILES string of the molecule is COC(=O)Cc1nnc(C)o1. The molecule has 60 valence electrons. The zero-order chi connectivity index (χ0) is 8.27. The molecular formula is C6H8N2O3. The summed E-state index contributed by atoms with van der Waals surface area (Å²) in [4.78, 5) is 10.6. The van der Waals surface area contributed by atoms with E-state index in [1.165, 1.54) is 7.11 Å². The maximum absolute atomic E-state index is 10.6. The number of ether oxygens (including phenoxy) is 1. The number of aromatic nitrogens is 2. The van der Waals surface area contributed by atoms with Gasteiger partial charge >= 0.3 is 5.97 Å². The largest absolute Gasteiger partial charge is 0.469 e. The first-order chi connectivity index (χ1) is 5.22. The van der Waals surface area contributed by atoms with E-state index in [-0.39, 0.29) is 18.3 Å². The van der Waals surface area contributed by atoms with Crippen molar-refractivity contribution in [3.8, 4) is 0 Å². The monoisotopic (exact) mass is 156 g/mol. The van der Waals surface area contributed by atoms with Gasteiger partial charge < -0.3 is 9.15 Å². The van der Waals surface area contributed by atoms with Gasteiger partial charge in [0.05, 0.1) is 7.11 Å². The molecule has 1 heterocycles. The first kappa shape index (κ1) is 7.71. The van der Waals surface area contributed by atoms with E-state index in [4.69, 9.17) is 4.42 Å². The first-order valence-corrected chi connectivity index (χ1v) is 3.08. The lowest BCUT2D eigenvalue weighted by atomic mass is 10.4. The Labute approximate surface area is 63.4 Å². The summed E-state index contributed by atoms with van der Waals surface area (Å²) in [6.45, 7) is 1.66. The van der Waals surface area contributed by atoms with Gasteiger partial charge in [0.1, 0.15) is 6.42 Å². The van der Waals surface area contributed by atoms with Crippen molar-refractivity contribution >= 4 is 5.97 Å². The van der Waals surface area contributed by atoms with Gasteiger partial charge in [-0.1, -0.05) is 0 Å². The van der Waals surface area contributed by atoms with Gasteiger partial charge in [-0.05, 0) is 0 Å². The Morgan fingerprint density at radius 3 is 2.82 bits per heavy atom. The van der Waals surface area contributed by atoms with Crippen molar-refractivity contribution in [2.24, 2.45) is 0 Å². The fourth-order valence-corrected chi connectivity index (χ4v) is 0.605. The Hall–Kier alpha value is -1.39. The quantitative estimate of drug-likeness (QED) is 0.568. The normalized spacial score (nSPS) is 9.64. The molecule has 0 unspecified atom stereocenters. The zero-order valence-corrected chi connectivity index (χ0v) is 6.33. The molecule has 0 saturated heterocycles. The Bertz CT molecular complexity index is 256. The van der Waals surface area contributed by atoms with Crippen LogP contribution < -0.4 is 0 Å². The number of rotatable bonds is 2. The van der Waals surface area contributed by atoms with E-state index in [1.54, 1.807) is 6.92 Å². The molecule has 0 fully saturated rings. The van der Waals surface area contributed by atoms with E-state index in [2.05, 4.69) is 14.9 Å². The third kappa shape index (κ3) is 2.03. The third-order valence-corrected chi connectivity index (χ3v) is 1.09. The fraction of sp³-hybridized carbons (Fsp3) is 0.500. The van der Waals surface area contributed by atoms with Gasteiger partial charge in [0.15, 0.2) is 0 Å². The van der Waals surface area contributed by atoms with Crippen molar-refractivity contribution in [3.05, 3.63) is 11.8 Å². The van der Waals surface area contributed by atoms with Gasteiger partial charge in [0.2, 0.25) is 11.8 Å². The van der Waals surface area contributed by atoms with E-state index in [1.807, 2.05) is 0 Å². The standard InChI is InChI=1S/C6H8N2O3/c1-4-7-8-5(11-4)3-6(9)10-2/h3H2,1-2H3. The van der Waals surface area contributed by atoms with Gasteiger partial charge in [-0.2, -0.15) is 0 Å². The summed E-state index contributed by atoms with van der Waals surface area (Å²) in [5, 5.41) is 7.17. The minimum Gasteiger partial charge on any atom is -0.469 e. The van der Waals surface area contributed by atoms with Crippen LogP contribution in [0.4, 0.5) is 0 Å². The highest BCUT2D eigenvalue weighted by atomic mass is 16.5. The summed E-state index contributed by atoms with van der Waals surface area (Å²) in [5.74, 6) is 0.354. The number of carbonyl (C=O) groups excluding carboxylic acids is 1. The van der Waals surface area contributed by atoms with E-state index in [9.17, 15) is 4.79 Å². The number of hydrogen-bond acceptors (Lipinski definition) is 5. The highest BCUT2D eigenvalue weighted by Crippen LogP contribution is 1.98. The third-order valence-electron chi connectivity index (χ3n) is 1.09. The molecule has 0 bridgehead atoms. The predicted molar refractivity (Wildman–Crippen MR) is 34.8 cm³/mol. The average molecular weight is 156 g/mol. The van der Waals surface area contributed by atoms with Crippen molar-refractivity contribution in [2.45, 2.75) is 13.3 Å². The second-order valence-electron chi connectivity index (χ2n) is 1.97. The number of esters is 1. The molecule has 0 aromatic carbocycles. The van der Waals surface area contributed by atoms with Crippen LogP contribution in [0.25, 0.3) is 0 Å². The van der Waals surface area contributed by atoms with Crippen LogP contribution in [-0.2, 0) is 16.0 Å². The maximum Gasteiger partial charge on any atom is 0.315 e. The summed E-state index contributed by atoms with van der Waals surface area (Å²) in [6.07, 6.45) is 0.0390. The number of methoxy groups -OCH3 is 1. The molecule has 5 nitrogen and oxygen atoms in total. The molecule has 0 aliphatic carbocycles. The Morgan fingerprint density at radius 1 is 1.64 bits per heavy atom. The van der Waals surface area contributed by atoms with Gasteiger partial charge in [0.25, 0.3) is 0 Å². The van der Waals surface area contributed by atoms with E-state index in [0.717, 1.165) is 0 Å². The van der Waals surface area contributed by atoms with Crippen LogP contribution in [0.5, 0.6) is 0 Å². The number of hydrogen-bond donors (Lipinski definition) is 0. The summed E-state index contributed by atoms with van der Waals surface area (Å²) in [6, 6.07) is 0. The number of nitrogens with zero attached hydrogens (tertiary/aromatic N) is 2. The summed E-state index contributed by atoms with van der Waals surface area (Å²) in [5.41, 5.74) is 0. The van der Waals surface area contributed by atoms with Crippen LogP contribution in [0.2, 0.25) is 0 Å². The zero-order valence-electron chi connectivity index (χ0n) is 6.33. The minimum atomic E-state index is -0.381. The summed E-state index contributed by atoms with van der Waals surface area (Å²) in [7, 11) is 1.31. The first-order valence-electron chi connectivity index (χ1n) is 3.08. The molecule has 5 heteroatoms. The minimum absolute atomic E-state index is 0.0390. The molecule has 0 N–H and O–H groups in total. The van der Waals surface area contributed by atoms with Gasteiger partial charge in [0, 0.05) is 6.92 Å².